The van der Waals surface area contributed by atoms with Crippen LogP contribution in [0.3, 0.4) is 0 Å². The van der Waals surface area contributed by atoms with Crippen LogP contribution in [0.1, 0.15) is 30.7 Å². The smallest absolute Gasteiger partial charge is 0.226 e. The third kappa shape index (κ3) is 2.80. The highest BCUT2D eigenvalue weighted by Crippen LogP contribution is 2.49. The van der Waals surface area contributed by atoms with E-state index in [0.29, 0.717) is 16.6 Å². The van der Waals surface area contributed by atoms with Gasteiger partial charge in [-0.3, -0.25) is 4.79 Å². The minimum atomic E-state index is 0.0949. The number of hydrogen-bond donors (Lipinski definition) is 1. The molecular formula is C15H18Cl2N2O. The summed E-state index contributed by atoms with van der Waals surface area (Å²) >= 11 is 12.0. The lowest BCUT2D eigenvalue weighted by Crippen LogP contribution is -2.46. The number of benzene rings is 1. The largest absolute Gasteiger partial charge is 0.341 e. The maximum atomic E-state index is 12.5. The van der Waals surface area contributed by atoms with Crippen LogP contribution >= 0.6 is 23.2 Å². The Morgan fingerprint density at radius 2 is 2.10 bits per heavy atom. The number of piperidine rings is 1. The molecule has 1 amide bonds. The first-order chi connectivity index (χ1) is 9.56. The zero-order chi connectivity index (χ0) is 14.3. The Morgan fingerprint density at radius 1 is 1.30 bits per heavy atom. The van der Waals surface area contributed by atoms with Crippen molar-refractivity contribution in [3.63, 3.8) is 0 Å². The van der Waals surface area contributed by atoms with Crippen molar-refractivity contribution in [3.05, 3.63) is 33.8 Å². The second kappa shape index (κ2) is 5.55. The molecule has 3 rings (SSSR count). The van der Waals surface area contributed by atoms with Gasteiger partial charge in [0.15, 0.2) is 0 Å². The van der Waals surface area contributed by atoms with Gasteiger partial charge in [-0.1, -0.05) is 29.3 Å². The summed E-state index contributed by atoms with van der Waals surface area (Å²) in [5, 5.41) is 1.11. The fourth-order valence-corrected chi connectivity index (χ4v) is 3.33. The molecule has 0 bridgehead atoms. The van der Waals surface area contributed by atoms with Gasteiger partial charge in [0.25, 0.3) is 0 Å². The molecule has 108 valence electrons. The zero-order valence-electron chi connectivity index (χ0n) is 11.2. The Kier molecular flexibility index (Phi) is 3.93. The topological polar surface area (TPSA) is 46.3 Å². The molecule has 2 fully saturated rings. The molecule has 0 radical (unpaired) electrons. The van der Waals surface area contributed by atoms with Crippen LogP contribution < -0.4 is 5.73 Å². The second-order valence-corrected chi connectivity index (χ2v) is 6.62. The number of carbonyl (C=O) groups excluding carboxylic acids is 1. The molecule has 0 spiro atoms. The van der Waals surface area contributed by atoms with Gasteiger partial charge in [-0.2, -0.15) is 0 Å². The summed E-state index contributed by atoms with van der Waals surface area (Å²) < 4.78 is 0. The average Bonchev–Trinajstić information content (AvgIpc) is 3.21. The molecule has 5 heteroatoms. The molecule has 3 atom stereocenters. The first kappa shape index (κ1) is 14.2. The summed E-state index contributed by atoms with van der Waals surface area (Å²) in [6.07, 6.45) is 2.93. The maximum Gasteiger partial charge on any atom is 0.226 e. The lowest BCUT2D eigenvalue weighted by atomic mass is 10.0. The van der Waals surface area contributed by atoms with Crippen LogP contribution in [-0.4, -0.2) is 29.9 Å². The predicted molar refractivity (Wildman–Crippen MR) is 81.1 cm³/mol. The van der Waals surface area contributed by atoms with Crippen molar-refractivity contribution in [1.82, 2.24) is 4.90 Å². The van der Waals surface area contributed by atoms with Crippen molar-refractivity contribution in [3.8, 4) is 0 Å². The van der Waals surface area contributed by atoms with Crippen molar-refractivity contribution in [2.24, 2.45) is 11.7 Å². The Morgan fingerprint density at radius 3 is 2.80 bits per heavy atom. The first-order valence-corrected chi connectivity index (χ1v) is 7.81. The Hall–Kier alpha value is -0.770. The maximum absolute atomic E-state index is 12.5. The number of nitrogens with two attached hydrogens (primary N) is 1. The number of nitrogens with zero attached hydrogens (tertiary/aromatic N) is 1. The highest BCUT2D eigenvalue weighted by Gasteiger charge is 2.46. The van der Waals surface area contributed by atoms with E-state index in [-0.39, 0.29) is 23.8 Å². The number of amides is 1. The van der Waals surface area contributed by atoms with E-state index in [2.05, 4.69) is 0 Å². The summed E-state index contributed by atoms with van der Waals surface area (Å²) in [7, 11) is 0. The standard InChI is InChI=1S/C15H18Cl2N2O/c16-13-4-3-9(6-14(13)17)11-7-12(11)15(20)19-5-1-2-10(18)8-19/h3-4,6,10-12H,1-2,5,7-8,18H2/t10-,11+,12-/m1/s1. The fraction of sp³-hybridized carbons (Fsp3) is 0.533. The van der Waals surface area contributed by atoms with Crippen molar-refractivity contribution in [1.29, 1.82) is 0 Å². The SMILES string of the molecule is N[C@@H]1CCCN(C(=O)[C@@H]2C[C@H]2c2ccc(Cl)c(Cl)c2)C1. The van der Waals surface area contributed by atoms with Crippen LogP contribution in [0.4, 0.5) is 0 Å². The van der Waals surface area contributed by atoms with Crippen LogP contribution in [0.15, 0.2) is 18.2 Å². The second-order valence-electron chi connectivity index (χ2n) is 5.81. The van der Waals surface area contributed by atoms with E-state index >= 15 is 0 Å². The van der Waals surface area contributed by atoms with E-state index in [1.165, 1.54) is 0 Å². The summed E-state index contributed by atoms with van der Waals surface area (Å²) in [5.74, 6) is 0.629. The number of carbonyl (C=O) groups is 1. The van der Waals surface area contributed by atoms with Crippen LogP contribution in [-0.2, 0) is 4.79 Å². The number of likely N-dealkylation sites (tertiary alicyclic amines) is 1. The van der Waals surface area contributed by atoms with Crippen LogP contribution in [0.2, 0.25) is 10.0 Å². The Balaban J connectivity index is 1.66. The van der Waals surface area contributed by atoms with Gasteiger partial charge in [0.2, 0.25) is 5.91 Å². The quantitative estimate of drug-likeness (QED) is 0.912. The highest BCUT2D eigenvalue weighted by atomic mass is 35.5. The van der Waals surface area contributed by atoms with Gasteiger partial charge >= 0.3 is 0 Å². The molecule has 1 saturated carbocycles. The van der Waals surface area contributed by atoms with Gasteiger partial charge < -0.3 is 10.6 Å². The third-order valence-electron chi connectivity index (χ3n) is 4.25. The Bertz CT molecular complexity index is 535. The van der Waals surface area contributed by atoms with E-state index in [4.69, 9.17) is 28.9 Å². The lowest BCUT2D eigenvalue weighted by molar-refractivity contribution is -0.133. The molecule has 1 heterocycles. The summed E-state index contributed by atoms with van der Waals surface area (Å²) in [6.45, 7) is 1.54. The van der Waals surface area contributed by atoms with E-state index in [9.17, 15) is 4.79 Å². The Labute approximate surface area is 129 Å². The predicted octanol–water partition coefficient (Wildman–Crippen LogP) is 3.05. The molecule has 2 N–H and O–H groups in total. The van der Waals surface area contributed by atoms with Gasteiger partial charge in [-0.05, 0) is 42.9 Å². The molecule has 1 saturated heterocycles. The van der Waals surface area contributed by atoms with Crippen molar-refractivity contribution in [2.45, 2.75) is 31.2 Å². The van der Waals surface area contributed by atoms with Crippen molar-refractivity contribution < 1.29 is 4.79 Å². The summed E-state index contributed by atoms with van der Waals surface area (Å²) in [6, 6.07) is 5.78. The third-order valence-corrected chi connectivity index (χ3v) is 4.99. The minimum absolute atomic E-state index is 0.0949. The molecule has 1 aliphatic heterocycles. The molecule has 1 aromatic rings. The first-order valence-electron chi connectivity index (χ1n) is 7.05. The highest BCUT2D eigenvalue weighted by molar-refractivity contribution is 6.42. The van der Waals surface area contributed by atoms with Crippen molar-refractivity contribution >= 4 is 29.1 Å². The molecule has 0 unspecified atom stereocenters. The molecule has 20 heavy (non-hydrogen) atoms. The van der Waals surface area contributed by atoms with Gasteiger partial charge in [-0.15, -0.1) is 0 Å². The number of halogens is 2. The van der Waals surface area contributed by atoms with E-state index in [0.717, 1.165) is 31.4 Å². The molecule has 0 aromatic heterocycles. The van der Waals surface area contributed by atoms with Gasteiger partial charge in [-0.25, -0.2) is 0 Å². The summed E-state index contributed by atoms with van der Waals surface area (Å²) in [5.41, 5.74) is 7.05. The molecule has 1 aliphatic carbocycles. The van der Waals surface area contributed by atoms with Crippen LogP contribution in [0, 0.1) is 5.92 Å². The number of rotatable bonds is 2. The fourth-order valence-electron chi connectivity index (χ4n) is 3.02. The minimum Gasteiger partial charge on any atom is -0.341 e. The van der Waals surface area contributed by atoms with Crippen LogP contribution in [0.5, 0.6) is 0 Å². The normalized spacial score (nSPS) is 29.4. The van der Waals surface area contributed by atoms with E-state index < -0.39 is 0 Å². The van der Waals surface area contributed by atoms with Crippen molar-refractivity contribution in [2.75, 3.05) is 13.1 Å². The average molecular weight is 313 g/mol. The monoisotopic (exact) mass is 312 g/mol. The van der Waals surface area contributed by atoms with Gasteiger partial charge in [0.1, 0.15) is 0 Å². The van der Waals surface area contributed by atoms with Gasteiger partial charge in [0, 0.05) is 25.0 Å². The molecule has 1 aromatic carbocycles. The van der Waals surface area contributed by atoms with Crippen LogP contribution in [0.25, 0.3) is 0 Å². The van der Waals surface area contributed by atoms with E-state index in [1.54, 1.807) is 6.07 Å². The number of hydrogen-bond acceptors (Lipinski definition) is 2. The molecule has 3 nitrogen and oxygen atoms in total. The molecule has 2 aliphatic rings. The van der Waals surface area contributed by atoms with E-state index in [1.807, 2.05) is 17.0 Å². The van der Waals surface area contributed by atoms with Gasteiger partial charge in [0.05, 0.1) is 10.0 Å². The summed E-state index contributed by atoms with van der Waals surface area (Å²) in [4.78, 5) is 14.4. The zero-order valence-corrected chi connectivity index (χ0v) is 12.7. The lowest BCUT2D eigenvalue weighted by Gasteiger charge is -2.31. The molecular weight excluding hydrogens is 295 g/mol.